The van der Waals surface area contributed by atoms with E-state index in [1.54, 1.807) is 24.3 Å². The Morgan fingerprint density at radius 1 is 0.435 bits per heavy atom. The zero-order chi connectivity index (χ0) is 32.8. The number of methoxy groups -OCH3 is 2. The Hall–Kier alpha value is -5.24. The van der Waals surface area contributed by atoms with Crippen LogP contribution in [-0.4, -0.2) is 38.1 Å². The molecule has 5 rings (SSSR count). The highest BCUT2D eigenvalue weighted by Crippen LogP contribution is 2.41. The topological polar surface area (TPSA) is 105 Å². The number of hydrogen-bond donors (Lipinski definition) is 0. The monoisotopic (exact) mass is 620 g/mol. The van der Waals surface area contributed by atoms with Crippen molar-refractivity contribution in [1.29, 1.82) is 0 Å². The summed E-state index contributed by atoms with van der Waals surface area (Å²) in [5, 5.41) is 0. The lowest BCUT2D eigenvalue weighted by atomic mass is 9.68. The minimum absolute atomic E-state index is 0.154. The zero-order valence-corrected chi connectivity index (χ0v) is 26.2. The summed E-state index contributed by atoms with van der Waals surface area (Å²) >= 11 is 0. The summed E-state index contributed by atoms with van der Waals surface area (Å²) in [6, 6.07) is 30.1. The van der Waals surface area contributed by atoms with Gasteiger partial charge in [-0.15, -0.1) is 0 Å². The van der Waals surface area contributed by atoms with Crippen LogP contribution < -0.4 is 9.47 Å². The molecule has 0 aliphatic heterocycles. The largest absolute Gasteiger partial charge is 0.469 e. The fourth-order valence-corrected chi connectivity index (χ4v) is 5.86. The van der Waals surface area contributed by atoms with Gasteiger partial charge in [0, 0.05) is 0 Å². The van der Waals surface area contributed by atoms with Crippen molar-refractivity contribution in [1.82, 2.24) is 0 Å². The molecule has 1 aliphatic rings. The molecule has 0 spiro atoms. The van der Waals surface area contributed by atoms with Crippen molar-refractivity contribution < 1.29 is 38.1 Å². The number of esters is 4. The van der Waals surface area contributed by atoms with Gasteiger partial charge in [0.05, 0.1) is 37.9 Å². The van der Waals surface area contributed by atoms with Crippen LogP contribution in [0.2, 0.25) is 0 Å². The van der Waals surface area contributed by atoms with Crippen molar-refractivity contribution >= 4 is 23.9 Å². The predicted octanol–water partition coefficient (Wildman–Crippen LogP) is 6.75. The van der Waals surface area contributed by atoms with Crippen LogP contribution in [0.4, 0.5) is 0 Å². The molecular formula is C38H36O8. The van der Waals surface area contributed by atoms with Gasteiger partial charge in [-0.1, -0.05) is 83.9 Å². The molecule has 236 valence electrons. The van der Waals surface area contributed by atoms with Crippen molar-refractivity contribution in [3.8, 4) is 33.8 Å². The summed E-state index contributed by atoms with van der Waals surface area (Å²) in [6.45, 7) is 4.03. The van der Waals surface area contributed by atoms with Crippen LogP contribution in [-0.2, 0) is 28.7 Å². The lowest BCUT2D eigenvalue weighted by Gasteiger charge is -2.36. The smallest absolute Gasteiger partial charge is 0.315 e. The maximum absolute atomic E-state index is 13.5. The second kappa shape index (κ2) is 14.2. The lowest BCUT2D eigenvalue weighted by molar-refractivity contribution is -0.168. The maximum Gasteiger partial charge on any atom is 0.315 e. The van der Waals surface area contributed by atoms with Crippen LogP contribution >= 0.6 is 0 Å². The normalized spacial score (nSPS) is 19.0. The van der Waals surface area contributed by atoms with E-state index in [1.165, 1.54) is 14.2 Å². The van der Waals surface area contributed by atoms with Gasteiger partial charge in [-0.3, -0.25) is 19.2 Å². The Kier molecular flexibility index (Phi) is 9.96. The van der Waals surface area contributed by atoms with Crippen molar-refractivity contribution in [3.63, 3.8) is 0 Å². The van der Waals surface area contributed by atoms with Crippen LogP contribution in [0.5, 0.6) is 11.5 Å². The van der Waals surface area contributed by atoms with Gasteiger partial charge in [0.25, 0.3) is 0 Å². The van der Waals surface area contributed by atoms with Crippen LogP contribution in [0.3, 0.4) is 0 Å². The summed E-state index contributed by atoms with van der Waals surface area (Å²) in [4.78, 5) is 52.8. The molecule has 8 nitrogen and oxygen atoms in total. The van der Waals surface area contributed by atoms with Gasteiger partial charge in [-0.25, -0.2) is 0 Å². The SMILES string of the molecule is COC(=O)C1CC(C(=O)Oc2ccc(-c3ccc(C)cc3)cc2)C(C(=O)OC)CC1C(=O)Oc1ccc(-c2ccc(C)cc2)cc1. The molecule has 46 heavy (non-hydrogen) atoms. The first-order valence-electron chi connectivity index (χ1n) is 15.1. The first-order valence-corrected chi connectivity index (χ1v) is 15.1. The predicted molar refractivity (Wildman–Crippen MR) is 172 cm³/mol. The third-order valence-corrected chi connectivity index (χ3v) is 8.52. The van der Waals surface area contributed by atoms with Gasteiger partial charge in [0.15, 0.2) is 0 Å². The van der Waals surface area contributed by atoms with Crippen molar-refractivity contribution in [2.45, 2.75) is 26.7 Å². The van der Waals surface area contributed by atoms with Gasteiger partial charge in [-0.2, -0.15) is 0 Å². The minimum Gasteiger partial charge on any atom is -0.469 e. The molecule has 0 aromatic heterocycles. The molecular weight excluding hydrogens is 584 g/mol. The van der Waals surface area contributed by atoms with Crippen LogP contribution in [0.15, 0.2) is 97.1 Å². The second-order valence-corrected chi connectivity index (χ2v) is 11.6. The maximum atomic E-state index is 13.5. The zero-order valence-electron chi connectivity index (χ0n) is 26.2. The number of rotatable bonds is 8. The number of ether oxygens (including phenoxy) is 4. The average molecular weight is 621 g/mol. The summed E-state index contributed by atoms with van der Waals surface area (Å²) < 4.78 is 21.4. The van der Waals surface area contributed by atoms with Crippen molar-refractivity contribution in [2.24, 2.45) is 23.7 Å². The molecule has 4 aromatic rings. The van der Waals surface area contributed by atoms with E-state index in [-0.39, 0.29) is 24.3 Å². The van der Waals surface area contributed by atoms with Crippen molar-refractivity contribution in [3.05, 3.63) is 108 Å². The number of carbonyl (C=O) groups excluding carboxylic acids is 4. The average Bonchev–Trinajstić information content (AvgIpc) is 3.08. The highest BCUT2D eigenvalue weighted by molar-refractivity contribution is 5.89. The fraction of sp³-hybridized carbons (Fsp3) is 0.263. The molecule has 0 amide bonds. The first kappa shape index (κ1) is 32.2. The molecule has 4 unspecified atom stereocenters. The van der Waals surface area contributed by atoms with E-state index >= 15 is 0 Å². The minimum atomic E-state index is -1.05. The Morgan fingerprint density at radius 3 is 0.978 bits per heavy atom. The second-order valence-electron chi connectivity index (χ2n) is 11.6. The highest BCUT2D eigenvalue weighted by Gasteiger charge is 2.51. The quantitative estimate of drug-likeness (QED) is 0.157. The van der Waals surface area contributed by atoms with E-state index in [1.807, 2.05) is 86.6 Å². The number of benzene rings is 4. The van der Waals surface area contributed by atoms with E-state index in [2.05, 4.69) is 0 Å². The number of carbonyl (C=O) groups is 4. The Bertz CT molecular complexity index is 1560. The molecule has 0 saturated heterocycles. The van der Waals surface area contributed by atoms with E-state index in [0.29, 0.717) is 0 Å². The summed E-state index contributed by atoms with van der Waals surface area (Å²) in [7, 11) is 2.42. The van der Waals surface area contributed by atoms with E-state index in [9.17, 15) is 19.2 Å². The van der Waals surface area contributed by atoms with Gasteiger partial charge < -0.3 is 18.9 Å². The number of hydrogen-bond acceptors (Lipinski definition) is 8. The van der Waals surface area contributed by atoms with Gasteiger partial charge in [-0.05, 0) is 73.2 Å². The van der Waals surface area contributed by atoms with Gasteiger partial charge in [0.2, 0.25) is 0 Å². The van der Waals surface area contributed by atoms with Crippen molar-refractivity contribution in [2.75, 3.05) is 14.2 Å². The highest BCUT2D eigenvalue weighted by atomic mass is 16.5. The summed E-state index contributed by atoms with van der Waals surface area (Å²) in [5.74, 6) is -6.36. The Balaban J connectivity index is 1.31. The molecule has 1 fully saturated rings. The molecule has 0 radical (unpaired) electrons. The van der Waals surface area contributed by atoms with Crippen LogP contribution in [0.25, 0.3) is 22.3 Å². The molecule has 4 atom stereocenters. The Labute approximate surface area is 268 Å². The standard InChI is InChI=1S/C38H36O8/c1-23-5-9-25(10-6-23)27-13-17-29(18-14-27)45-37(41)33-21-32(36(40)44-4)34(22-31(33)35(39)43-3)38(42)46-30-19-15-28(16-20-30)26-11-7-24(2)8-12-26/h5-20,31-34H,21-22H2,1-4H3. The molecule has 1 saturated carbocycles. The van der Waals surface area contributed by atoms with Crippen LogP contribution in [0.1, 0.15) is 24.0 Å². The van der Waals surface area contributed by atoms with Gasteiger partial charge in [0.1, 0.15) is 11.5 Å². The summed E-state index contributed by atoms with van der Waals surface area (Å²) in [6.07, 6.45) is -0.308. The summed E-state index contributed by atoms with van der Waals surface area (Å²) in [5.41, 5.74) is 6.22. The molecule has 0 N–H and O–H groups in total. The third kappa shape index (κ3) is 7.34. The molecule has 0 bridgehead atoms. The molecule has 8 heteroatoms. The first-order chi connectivity index (χ1) is 22.2. The molecule has 1 aliphatic carbocycles. The van der Waals surface area contributed by atoms with E-state index < -0.39 is 47.5 Å². The van der Waals surface area contributed by atoms with Gasteiger partial charge >= 0.3 is 23.9 Å². The fourth-order valence-electron chi connectivity index (χ4n) is 5.86. The molecule has 0 heterocycles. The third-order valence-electron chi connectivity index (χ3n) is 8.52. The molecule has 4 aromatic carbocycles. The van der Waals surface area contributed by atoms with E-state index in [4.69, 9.17) is 18.9 Å². The van der Waals surface area contributed by atoms with E-state index in [0.717, 1.165) is 33.4 Å². The Morgan fingerprint density at radius 2 is 0.696 bits per heavy atom. The lowest BCUT2D eigenvalue weighted by Crippen LogP contribution is -2.47. The number of aryl methyl sites for hydroxylation is 2. The van der Waals surface area contributed by atoms with Crippen LogP contribution in [0, 0.1) is 37.5 Å².